The Bertz CT molecular complexity index is 1600. The summed E-state index contributed by atoms with van der Waals surface area (Å²) < 4.78 is 59.7. The largest absolute Gasteiger partial charge is 2.00 e. The fourth-order valence-corrected chi connectivity index (χ4v) is 9.95. The number of alkyl halides is 2. The van der Waals surface area contributed by atoms with E-state index in [0.717, 1.165) is 19.5 Å². The van der Waals surface area contributed by atoms with Crippen LogP contribution in [0, 0.1) is 40.7 Å². The van der Waals surface area contributed by atoms with Crippen LogP contribution in [0.3, 0.4) is 0 Å². The van der Waals surface area contributed by atoms with E-state index >= 15 is 0 Å². The molecule has 4 bridgehead atoms. The van der Waals surface area contributed by atoms with Gasteiger partial charge in [-0.2, -0.15) is 0 Å². The van der Waals surface area contributed by atoms with Gasteiger partial charge in [0.2, 0.25) is 11.8 Å². The first-order valence-electron chi connectivity index (χ1n) is 18.0. The van der Waals surface area contributed by atoms with E-state index in [0.29, 0.717) is 49.7 Å². The molecule has 2 amide bonds. The number of likely N-dealkylation sites (tertiary alicyclic amines) is 2. The second kappa shape index (κ2) is 16.6. The molecule has 13 heteroatoms. The minimum absolute atomic E-state index is 0. The van der Waals surface area contributed by atoms with Gasteiger partial charge in [0, 0.05) is 31.5 Å². The summed E-state index contributed by atoms with van der Waals surface area (Å²) in [5.74, 6) is -0.825. The van der Waals surface area contributed by atoms with Crippen LogP contribution >= 0.6 is 0 Å². The molecule has 6 aliphatic carbocycles. The van der Waals surface area contributed by atoms with Crippen molar-refractivity contribution in [1.82, 2.24) is 9.80 Å². The third-order valence-corrected chi connectivity index (χ3v) is 12.5. The number of nitrogens with zero attached hydrogens (tertiary/aromatic N) is 2. The number of aliphatic hydroxyl groups is 1. The summed E-state index contributed by atoms with van der Waals surface area (Å²) in [6.45, 7) is 3.93. The number of aldehydes is 1. The zero-order chi connectivity index (χ0) is 35.5. The van der Waals surface area contributed by atoms with E-state index in [1.807, 2.05) is 0 Å². The fraction of sp³-hybridized carbons (Fsp3) is 0.600. The normalized spacial score (nSPS) is 35.7. The number of halogens is 5. The van der Waals surface area contributed by atoms with Crippen molar-refractivity contribution in [3.63, 3.8) is 0 Å². The predicted molar refractivity (Wildman–Crippen MR) is 188 cm³/mol. The number of hydrogen-bond acceptors (Lipinski definition) is 5. The first-order chi connectivity index (χ1) is 23.8. The van der Waals surface area contributed by atoms with Crippen molar-refractivity contribution in [2.24, 2.45) is 21.7 Å². The summed E-state index contributed by atoms with van der Waals surface area (Å²) in [6, 6.07) is 11.3. The topological polar surface area (TPSA) is 87.1 Å². The number of hydrogen-bond donors (Lipinski definition) is 1. The van der Waals surface area contributed by atoms with Crippen LogP contribution in [0.1, 0.15) is 94.3 Å². The van der Waals surface area contributed by atoms with Gasteiger partial charge in [-0.15, -0.1) is 0 Å². The first-order valence-corrected chi connectivity index (χ1v) is 18.0. The second-order valence-corrected chi connectivity index (χ2v) is 16.2. The Kier molecular flexibility index (Phi) is 13.7. The Labute approximate surface area is 336 Å². The average Bonchev–Trinajstić information content (AvgIpc) is 3.77. The van der Waals surface area contributed by atoms with Crippen molar-refractivity contribution in [3.05, 3.63) is 78.7 Å². The maximum absolute atomic E-state index is 14.0. The van der Waals surface area contributed by atoms with Gasteiger partial charge in [0.15, 0.2) is 0 Å². The minimum Gasteiger partial charge on any atom is -1.00 e. The van der Waals surface area contributed by atoms with E-state index in [1.165, 1.54) is 37.1 Å². The van der Waals surface area contributed by atoms with Crippen molar-refractivity contribution in [2.75, 3.05) is 26.3 Å². The zero-order valence-corrected chi connectivity index (χ0v) is 33.6. The van der Waals surface area contributed by atoms with Gasteiger partial charge in [-0.3, -0.25) is 9.59 Å². The molecule has 6 saturated carbocycles. The van der Waals surface area contributed by atoms with Gasteiger partial charge < -0.3 is 48.8 Å². The molecule has 1 N–H and O–H groups in total. The molecule has 0 spiro atoms. The summed E-state index contributed by atoms with van der Waals surface area (Å²) in [6.07, 6.45) is 5.26. The zero-order valence-electron chi connectivity index (χ0n) is 30.6. The van der Waals surface area contributed by atoms with Crippen LogP contribution in [-0.2, 0) is 19.1 Å². The molecule has 7 nitrogen and oxygen atoms in total. The summed E-state index contributed by atoms with van der Waals surface area (Å²) in [7, 11) is 0. The number of aliphatic hydroxyl groups excluding tert-OH is 1. The molecular weight excluding hydrogens is 769 g/mol. The van der Waals surface area contributed by atoms with Crippen molar-refractivity contribution >= 4 is 41.2 Å². The van der Waals surface area contributed by atoms with Crippen LogP contribution in [0.5, 0.6) is 0 Å². The van der Waals surface area contributed by atoms with E-state index < -0.39 is 35.3 Å². The Balaban J connectivity index is 0.000000199. The number of ether oxygens (including phenoxy) is 1. The van der Waals surface area contributed by atoms with E-state index in [1.54, 1.807) is 41.0 Å². The summed E-state index contributed by atoms with van der Waals surface area (Å²) >= 11 is 0. The van der Waals surface area contributed by atoms with E-state index in [2.05, 4.69) is 0 Å². The molecule has 11 rings (SSSR count). The number of carbonyl (C=O) groups excluding carboxylic acids is 3. The van der Waals surface area contributed by atoms with Crippen LogP contribution in [0.25, 0.3) is 0 Å². The molecular formula is C40H49BrF4MgN2O5. The van der Waals surface area contributed by atoms with Gasteiger partial charge in [0.05, 0.1) is 42.1 Å². The Morgan fingerprint density at radius 3 is 1.57 bits per heavy atom. The molecule has 3 aliphatic heterocycles. The number of carbonyl (C=O) groups is 3. The SMILES string of the molecule is C1CCOC1.CC(O)C12CC(C(=O)N3CC(F)CC3c3cccc(F)c3)(C1)C2.O=CC12CC(C(=O)N3CC(F)CC3c3cccc(F)c3)(C1)C2.[Br-].[CH3-].[Mg+2]. The molecule has 3 heterocycles. The van der Waals surface area contributed by atoms with Crippen molar-refractivity contribution in [3.8, 4) is 0 Å². The second-order valence-electron chi connectivity index (χ2n) is 16.2. The first kappa shape index (κ1) is 43.7. The Hall–Kier alpha value is -2.06. The van der Waals surface area contributed by atoms with Crippen LogP contribution in [0.2, 0.25) is 0 Å². The predicted octanol–water partition coefficient (Wildman–Crippen LogP) is 3.66. The maximum atomic E-state index is 14.0. The molecule has 53 heavy (non-hydrogen) atoms. The van der Waals surface area contributed by atoms with Gasteiger partial charge in [-0.05, 0) is 99.1 Å². The fourth-order valence-electron chi connectivity index (χ4n) is 9.95. The van der Waals surface area contributed by atoms with E-state index in [-0.39, 0.29) is 114 Å². The molecule has 2 aromatic carbocycles. The Morgan fingerprint density at radius 2 is 1.23 bits per heavy atom. The molecule has 2 aromatic rings. The summed E-state index contributed by atoms with van der Waals surface area (Å²) in [5.41, 5.74) is 0.0430. The standard InChI is InChI=1S/C18H21F2NO2.C17H17F2NO2.C4H8O.CH3.BrH.Mg/c1-11(22)17-8-18(9-17,10-17)16(23)21-7-14(20)6-15(21)12-3-2-4-13(19)5-12;18-12-3-1-2-11(4-12)14-5-13(19)6-20(14)15(22)17-7-16(8-17,9-17)10-21;1-2-4-5-3-1;;;/h2-5,11,14-15,22H,6-10H2,1H3;1-4,10,13-14H,5-9H2;1-4H2;1H3;1H;/q;;;-1;;+2/p-1. The third kappa shape index (κ3) is 7.98. The van der Waals surface area contributed by atoms with E-state index in [4.69, 9.17) is 4.74 Å². The number of amides is 2. The van der Waals surface area contributed by atoms with Crippen LogP contribution in [-0.4, -0.2) is 101 Å². The van der Waals surface area contributed by atoms with Crippen molar-refractivity contribution < 1.29 is 58.8 Å². The van der Waals surface area contributed by atoms with Crippen LogP contribution in [0.4, 0.5) is 17.6 Å². The van der Waals surface area contributed by atoms with Gasteiger partial charge in [-0.1, -0.05) is 24.3 Å². The molecule has 9 aliphatic rings. The molecule has 5 atom stereocenters. The van der Waals surface area contributed by atoms with Gasteiger partial charge in [0.25, 0.3) is 0 Å². The summed E-state index contributed by atoms with van der Waals surface area (Å²) in [4.78, 5) is 39.9. The maximum Gasteiger partial charge on any atom is 2.00 e. The van der Waals surface area contributed by atoms with Crippen molar-refractivity contribution in [1.29, 1.82) is 0 Å². The molecule has 3 saturated heterocycles. The molecule has 0 aromatic heterocycles. The van der Waals surface area contributed by atoms with Crippen molar-refractivity contribution in [2.45, 2.75) is 102 Å². The monoisotopic (exact) mass is 816 g/mol. The quantitative estimate of drug-likeness (QED) is 0.209. The number of benzene rings is 2. The van der Waals surface area contributed by atoms with Crippen LogP contribution < -0.4 is 17.0 Å². The van der Waals surface area contributed by atoms with Crippen LogP contribution in [0.15, 0.2) is 48.5 Å². The summed E-state index contributed by atoms with van der Waals surface area (Å²) in [5, 5.41) is 9.81. The third-order valence-electron chi connectivity index (χ3n) is 12.5. The Morgan fingerprint density at radius 1 is 0.811 bits per heavy atom. The average molecular weight is 818 g/mol. The smallest absolute Gasteiger partial charge is 1.00 e. The molecule has 0 radical (unpaired) electrons. The van der Waals surface area contributed by atoms with Gasteiger partial charge in [0.1, 0.15) is 30.3 Å². The van der Waals surface area contributed by atoms with E-state index in [9.17, 15) is 37.1 Å². The van der Waals surface area contributed by atoms with Gasteiger partial charge >= 0.3 is 23.1 Å². The number of rotatable bonds is 6. The molecule has 286 valence electrons. The molecule has 9 fully saturated rings. The molecule has 5 unspecified atom stereocenters. The van der Waals surface area contributed by atoms with Gasteiger partial charge in [-0.25, -0.2) is 17.6 Å². The minimum atomic E-state index is -1.08.